The third-order valence-electron chi connectivity index (χ3n) is 2.53. The molecule has 1 atom stereocenters. The minimum absolute atomic E-state index is 0.0696. The van der Waals surface area contributed by atoms with Crippen LogP contribution in [0.4, 0.5) is 10.5 Å². The van der Waals surface area contributed by atoms with Crippen molar-refractivity contribution in [1.82, 2.24) is 10.2 Å². The predicted octanol–water partition coefficient (Wildman–Crippen LogP) is 0.983. The molecule has 0 aromatic heterocycles. The molecule has 0 bridgehead atoms. The number of hydrogen-bond acceptors (Lipinski definition) is 3. The van der Waals surface area contributed by atoms with Crippen LogP contribution in [0.25, 0.3) is 0 Å². The molecule has 0 radical (unpaired) electrons. The molecule has 7 nitrogen and oxygen atoms in total. The van der Waals surface area contributed by atoms with Gasteiger partial charge < -0.3 is 20.6 Å². The summed E-state index contributed by atoms with van der Waals surface area (Å²) in [4.78, 5) is 35.4. The number of anilines is 1. The van der Waals surface area contributed by atoms with Gasteiger partial charge in [-0.1, -0.05) is 6.07 Å². The minimum atomic E-state index is -1.08. The van der Waals surface area contributed by atoms with Crippen molar-refractivity contribution in [3.05, 3.63) is 29.8 Å². The first-order valence-corrected chi connectivity index (χ1v) is 5.93. The fourth-order valence-electron chi connectivity index (χ4n) is 1.54. The lowest BCUT2D eigenvalue weighted by Crippen LogP contribution is -2.45. The number of likely N-dealkylation sites (N-methyl/N-ethyl adjacent to an activating group) is 1. The number of carbonyl (C=O) groups is 3. The summed E-state index contributed by atoms with van der Waals surface area (Å²) in [6.45, 7) is 1.57. The van der Waals surface area contributed by atoms with Crippen molar-refractivity contribution in [1.29, 1.82) is 0 Å². The van der Waals surface area contributed by atoms with Gasteiger partial charge in [-0.15, -0.1) is 0 Å². The Morgan fingerprint density at radius 1 is 1.25 bits per heavy atom. The lowest BCUT2D eigenvalue weighted by atomic mass is 10.2. The Bertz CT molecular complexity index is 528. The maximum absolute atomic E-state index is 11.7. The molecule has 20 heavy (non-hydrogen) atoms. The quantitative estimate of drug-likeness (QED) is 0.765. The summed E-state index contributed by atoms with van der Waals surface area (Å²) in [6, 6.07) is 4.59. The molecule has 1 rings (SSSR count). The van der Waals surface area contributed by atoms with Gasteiger partial charge in [0.25, 0.3) is 0 Å². The van der Waals surface area contributed by atoms with Gasteiger partial charge in [-0.3, -0.25) is 4.79 Å². The number of rotatable bonds is 4. The van der Waals surface area contributed by atoms with Gasteiger partial charge in [0.05, 0.1) is 5.56 Å². The number of benzene rings is 1. The fourth-order valence-corrected chi connectivity index (χ4v) is 1.54. The van der Waals surface area contributed by atoms with E-state index in [0.717, 1.165) is 0 Å². The average molecular weight is 279 g/mol. The maximum Gasteiger partial charge on any atom is 0.335 e. The van der Waals surface area contributed by atoms with Crippen LogP contribution in [0.1, 0.15) is 17.3 Å². The Morgan fingerprint density at radius 2 is 1.90 bits per heavy atom. The number of carboxylic acid groups (broad SMARTS) is 1. The molecule has 0 aliphatic carbocycles. The third kappa shape index (κ3) is 4.27. The Morgan fingerprint density at radius 3 is 2.45 bits per heavy atom. The molecule has 7 heteroatoms. The zero-order valence-electron chi connectivity index (χ0n) is 11.5. The van der Waals surface area contributed by atoms with Gasteiger partial charge in [0.2, 0.25) is 5.91 Å². The summed E-state index contributed by atoms with van der Waals surface area (Å²) in [5.41, 5.74) is 0.409. The molecule has 3 amide bonds. The van der Waals surface area contributed by atoms with Crippen LogP contribution in [-0.2, 0) is 4.79 Å². The molecule has 108 valence electrons. The van der Waals surface area contributed by atoms with Crippen LogP contribution >= 0.6 is 0 Å². The van der Waals surface area contributed by atoms with E-state index in [1.807, 2.05) is 0 Å². The summed E-state index contributed by atoms with van der Waals surface area (Å²) in [5.74, 6) is -1.32. The van der Waals surface area contributed by atoms with Crippen LogP contribution in [0.5, 0.6) is 0 Å². The molecular weight excluding hydrogens is 262 g/mol. The van der Waals surface area contributed by atoms with Crippen LogP contribution in [-0.4, -0.2) is 48.1 Å². The second kappa shape index (κ2) is 6.55. The smallest absolute Gasteiger partial charge is 0.335 e. The van der Waals surface area contributed by atoms with Crippen LogP contribution in [0.3, 0.4) is 0 Å². The van der Waals surface area contributed by atoms with E-state index >= 15 is 0 Å². The van der Waals surface area contributed by atoms with E-state index < -0.39 is 18.0 Å². The summed E-state index contributed by atoms with van der Waals surface area (Å²) >= 11 is 0. The predicted molar refractivity (Wildman–Crippen MR) is 73.7 cm³/mol. The topological polar surface area (TPSA) is 98.7 Å². The Balaban J connectivity index is 2.65. The number of hydrogen-bond donors (Lipinski definition) is 3. The van der Waals surface area contributed by atoms with Gasteiger partial charge in [0.15, 0.2) is 0 Å². The highest BCUT2D eigenvalue weighted by Gasteiger charge is 2.17. The van der Waals surface area contributed by atoms with Crippen molar-refractivity contribution in [2.45, 2.75) is 13.0 Å². The molecule has 1 unspecified atom stereocenters. The standard InChI is InChI=1S/C13H17N3O4/c1-8(11(17)16(2)3)14-13(20)15-10-6-4-5-9(7-10)12(18)19/h4-8H,1-3H3,(H,18,19)(H2,14,15,20). The number of nitrogens with one attached hydrogen (secondary N) is 2. The first-order chi connectivity index (χ1) is 9.31. The zero-order valence-corrected chi connectivity index (χ0v) is 11.5. The number of amides is 3. The summed E-state index contributed by atoms with van der Waals surface area (Å²) in [5, 5.41) is 13.8. The summed E-state index contributed by atoms with van der Waals surface area (Å²) < 4.78 is 0. The second-order valence-electron chi connectivity index (χ2n) is 4.44. The number of carbonyl (C=O) groups excluding carboxylic acids is 2. The molecule has 0 aliphatic rings. The van der Waals surface area contributed by atoms with Crippen LogP contribution in [0.15, 0.2) is 24.3 Å². The maximum atomic E-state index is 11.7. The molecule has 0 fully saturated rings. The molecule has 0 aliphatic heterocycles. The molecule has 0 saturated carbocycles. The van der Waals surface area contributed by atoms with E-state index in [0.29, 0.717) is 5.69 Å². The molecular formula is C13H17N3O4. The van der Waals surface area contributed by atoms with Crippen LogP contribution < -0.4 is 10.6 Å². The normalized spacial score (nSPS) is 11.3. The number of urea groups is 1. The molecule has 3 N–H and O–H groups in total. The van der Waals surface area contributed by atoms with E-state index in [9.17, 15) is 14.4 Å². The van der Waals surface area contributed by atoms with E-state index in [1.54, 1.807) is 27.1 Å². The second-order valence-corrected chi connectivity index (χ2v) is 4.44. The average Bonchev–Trinajstić information content (AvgIpc) is 2.37. The lowest BCUT2D eigenvalue weighted by Gasteiger charge is -2.18. The zero-order chi connectivity index (χ0) is 15.3. The Labute approximate surface area is 116 Å². The van der Waals surface area contributed by atoms with Crippen molar-refractivity contribution >= 4 is 23.6 Å². The van der Waals surface area contributed by atoms with Crippen molar-refractivity contribution in [3.8, 4) is 0 Å². The van der Waals surface area contributed by atoms with Crippen molar-refractivity contribution in [2.75, 3.05) is 19.4 Å². The van der Waals surface area contributed by atoms with E-state index in [-0.39, 0.29) is 11.5 Å². The Hall–Kier alpha value is -2.57. The van der Waals surface area contributed by atoms with Gasteiger partial charge in [-0.25, -0.2) is 9.59 Å². The van der Waals surface area contributed by atoms with Crippen LogP contribution in [0.2, 0.25) is 0 Å². The monoisotopic (exact) mass is 279 g/mol. The highest BCUT2D eigenvalue weighted by Crippen LogP contribution is 2.10. The van der Waals surface area contributed by atoms with Crippen molar-refractivity contribution in [3.63, 3.8) is 0 Å². The van der Waals surface area contributed by atoms with Gasteiger partial charge in [-0.05, 0) is 25.1 Å². The van der Waals surface area contributed by atoms with Crippen molar-refractivity contribution in [2.24, 2.45) is 0 Å². The van der Waals surface area contributed by atoms with Gasteiger partial charge in [-0.2, -0.15) is 0 Å². The first kappa shape index (κ1) is 15.5. The molecule has 0 saturated heterocycles. The number of aromatic carboxylic acids is 1. The van der Waals surface area contributed by atoms with E-state index in [4.69, 9.17) is 5.11 Å². The highest BCUT2D eigenvalue weighted by atomic mass is 16.4. The van der Waals surface area contributed by atoms with Gasteiger partial charge in [0.1, 0.15) is 6.04 Å². The SMILES string of the molecule is CC(NC(=O)Nc1cccc(C(=O)O)c1)C(=O)N(C)C. The molecule has 0 spiro atoms. The van der Waals surface area contributed by atoms with E-state index in [2.05, 4.69) is 10.6 Å². The first-order valence-electron chi connectivity index (χ1n) is 5.93. The van der Waals surface area contributed by atoms with Gasteiger partial charge in [0, 0.05) is 19.8 Å². The highest BCUT2D eigenvalue weighted by molar-refractivity contribution is 5.95. The Kier molecular flexibility index (Phi) is 5.08. The summed E-state index contributed by atoms with van der Waals surface area (Å²) in [7, 11) is 3.18. The number of carboxylic acids is 1. The van der Waals surface area contributed by atoms with Crippen molar-refractivity contribution < 1.29 is 19.5 Å². The number of nitrogens with zero attached hydrogens (tertiary/aromatic N) is 1. The molecule has 1 aromatic carbocycles. The molecule has 1 aromatic rings. The lowest BCUT2D eigenvalue weighted by molar-refractivity contribution is -0.130. The summed E-state index contributed by atoms with van der Waals surface area (Å²) in [6.07, 6.45) is 0. The van der Waals surface area contributed by atoms with Crippen LogP contribution in [0, 0.1) is 0 Å². The third-order valence-corrected chi connectivity index (χ3v) is 2.53. The van der Waals surface area contributed by atoms with E-state index in [1.165, 1.54) is 23.1 Å². The van der Waals surface area contributed by atoms with Gasteiger partial charge >= 0.3 is 12.0 Å². The largest absolute Gasteiger partial charge is 0.478 e. The molecule has 0 heterocycles. The fraction of sp³-hybridized carbons (Fsp3) is 0.308. The minimum Gasteiger partial charge on any atom is -0.478 e.